The number of pyridine rings is 1. The molecule has 0 bridgehead atoms. The van der Waals surface area contributed by atoms with Crippen LogP contribution < -0.4 is 11.1 Å². The van der Waals surface area contributed by atoms with Crippen molar-refractivity contribution < 1.29 is 14.5 Å². The number of amides is 3. The van der Waals surface area contributed by atoms with Gasteiger partial charge < -0.3 is 5.73 Å². The molecule has 0 saturated carbocycles. The van der Waals surface area contributed by atoms with Gasteiger partial charge in [0.05, 0.1) is 11.0 Å². The summed E-state index contributed by atoms with van der Waals surface area (Å²) in [5.41, 5.74) is 5.66. The molecule has 0 radical (unpaired) electrons. The molecule has 1 aliphatic rings. The first-order chi connectivity index (χ1) is 11.9. The molecule has 2 heterocycles. The van der Waals surface area contributed by atoms with Gasteiger partial charge in [-0.3, -0.25) is 20.2 Å². The smallest absolute Gasteiger partial charge is 0.320 e. The Hall–Kier alpha value is -2.46. The van der Waals surface area contributed by atoms with Crippen molar-refractivity contribution in [2.24, 2.45) is 11.7 Å². The summed E-state index contributed by atoms with van der Waals surface area (Å²) in [7, 11) is 0. The van der Waals surface area contributed by atoms with Crippen LogP contribution in [0.4, 0.5) is 16.3 Å². The Balaban J connectivity index is 0.00000338. The van der Waals surface area contributed by atoms with Crippen molar-refractivity contribution in [2.75, 3.05) is 18.4 Å². The van der Waals surface area contributed by atoms with E-state index in [2.05, 4.69) is 10.3 Å². The van der Waals surface area contributed by atoms with Crippen molar-refractivity contribution in [2.45, 2.75) is 32.7 Å². The van der Waals surface area contributed by atoms with E-state index in [4.69, 9.17) is 5.73 Å². The van der Waals surface area contributed by atoms with E-state index in [-0.39, 0.29) is 35.7 Å². The van der Waals surface area contributed by atoms with Crippen molar-refractivity contribution >= 4 is 35.9 Å². The van der Waals surface area contributed by atoms with Gasteiger partial charge in [0.15, 0.2) is 0 Å². The molecule has 144 valence electrons. The van der Waals surface area contributed by atoms with Crippen molar-refractivity contribution in [3.05, 3.63) is 28.4 Å². The van der Waals surface area contributed by atoms with E-state index in [1.54, 1.807) is 0 Å². The lowest BCUT2D eigenvalue weighted by Crippen LogP contribution is -2.53. The molecular formula is C15H23ClN6O4. The number of nitrogens with two attached hydrogens (primary N) is 1. The molecule has 10 nitrogen and oxygen atoms in total. The fourth-order valence-electron chi connectivity index (χ4n) is 2.53. The first-order valence-corrected chi connectivity index (χ1v) is 8.11. The number of nitrogens with one attached hydrogen (secondary N) is 1. The van der Waals surface area contributed by atoms with Gasteiger partial charge in [0.25, 0.3) is 5.91 Å². The zero-order valence-electron chi connectivity index (χ0n) is 14.6. The lowest BCUT2D eigenvalue weighted by atomic mass is 9.99. The highest BCUT2D eigenvalue weighted by molar-refractivity contribution is 5.93. The van der Waals surface area contributed by atoms with Crippen LogP contribution in [0.1, 0.15) is 26.7 Å². The predicted octanol–water partition coefficient (Wildman–Crippen LogP) is 1.77. The maximum atomic E-state index is 12.5. The summed E-state index contributed by atoms with van der Waals surface area (Å²) in [6.45, 7) is 4.51. The molecule has 26 heavy (non-hydrogen) atoms. The minimum Gasteiger partial charge on any atom is -0.320 e. The van der Waals surface area contributed by atoms with E-state index in [1.165, 1.54) is 28.3 Å². The summed E-state index contributed by atoms with van der Waals surface area (Å²) in [5.74, 6) is -0.518. The molecule has 11 heteroatoms. The lowest BCUT2D eigenvalue weighted by Gasteiger charge is -2.31. The van der Waals surface area contributed by atoms with Gasteiger partial charge in [0.1, 0.15) is 0 Å². The molecule has 0 aliphatic carbocycles. The van der Waals surface area contributed by atoms with Crippen LogP contribution in [0, 0.1) is 16.0 Å². The Bertz CT molecular complexity index is 673. The molecule has 1 aliphatic heterocycles. The number of anilines is 1. The van der Waals surface area contributed by atoms with E-state index in [0.29, 0.717) is 19.5 Å². The van der Waals surface area contributed by atoms with Gasteiger partial charge in [0, 0.05) is 25.4 Å². The largest absolute Gasteiger partial charge is 0.342 e. The van der Waals surface area contributed by atoms with Crippen molar-refractivity contribution in [3.8, 4) is 0 Å². The Morgan fingerprint density at radius 3 is 2.69 bits per heavy atom. The highest BCUT2D eigenvalue weighted by atomic mass is 35.5. The molecule has 3 amide bonds. The molecular weight excluding hydrogens is 364 g/mol. The van der Waals surface area contributed by atoms with Crippen LogP contribution in [0.25, 0.3) is 0 Å². The van der Waals surface area contributed by atoms with Gasteiger partial charge in [-0.15, -0.1) is 12.4 Å². The lowest BCUT2D eigenvalue weighted by molar-refractivity contribution is -0.384. The summed E-state index contributed by atoms with van der Waals surface area (Å²) in [5, 5.41) is 15.9. The van der Waals surface area contributed by atoms with E-state index in [9.17, 15) is 19.7 Å². The second-order valence-corrected chi connectivity index (χ2v) is 5.91. The van der Waals surface area contributed by atoms with Gasteiger partial charge in [-0.25, -0.2) is 19.8 Å². The van der Waals surface area contributed by atoms with Crippen LogP contribution in [0.2, 0.25) is 0 Å². The van der Waals surface area contributed by atoms with Crippen LogP contribution in [0.5, 0.6) is 0 Å². The minimum absolute atomic E-state index is 0. The number of hydrogen-bond donors (Lipinski definition) is 2. The van der Waals surface area contributed by atoms with E-state index in [0.717, 1.165) is 6.42 Å². The third kappa shape index (κ3) is 4.58. The highest BCUT2D eigenvalue weighted by Gasteiger charge is 2.35. The average molecular weight is 387 g/mol. The highest BCUT2D eigenvalue weighted by Crippen LogP contribution is 2.22. The number of aromatic nitrogens is 1. The summed E-state index contributed by atoms with van der Waals surface area (Å²) in [6.07, 6.45) is 2.69. The Labute approximate surface area is 157 Å². The number of halogens is 1. The Morgan fingerprint density at radius 1 is 1.42 bits per heavy atom. The van der Waals surface area contributed by atoms with Gasteiger partial charge in [0.2, 0.25) is 5.82 Å². The number of nitrogens with zero attached hydrogens (tertiary/aromatic N) is 4. The summed E-state index contributed by atoms with van der Waals surface area (Å²) in [6, 6.07) is 1.30. The van der Waals surface area contributed by atoms with E-state index in [1.807, 2.05) is 13.8 Å². The number of carbonyl (C=O) groups excluding carboxylic acids is 2. The molecule has 1 fully saturated rings. The standard InChI is InChI=1S/C15H22N6O4.ClH/c1-3-10(2)12(16)14(22)19-8-5-9-20(19)15(23)18-13-11(21(24)25)6-4-7-17-13;/h4,6-7,10,12H,3,5,8-9,16H2,1-2H3,(H,17,18,23);1H. The molecule has 3 N–H and O–H groups in total. The molecule has 2 atom stereocenters. The number of hydrazine groups is 1. The molecule has 1 aromatic heterocycles. The zero-order valence-corrected chi connectivity index (χ0v) is 15.4. The average Bonchev–Trinajstić information content (AvgIpc) is 3.09. The molecule has 0 aromatic carbocycles. The van der Waals surface area contributed by atoms with Crippen LogP contribution >= 0.6 is 12.4 Å². The SMILES string of the molecule is CCC(C)C(N)C(=O)N1CCCN1C(=O)Nc1ncccc1[N+](=O)[O-].Cl. The molecule has 0 spiro atoms. The number of carbonyl (C=O) groups is 2. The van der Waals surface area contributed by atoms with Crippen LogP contribution in [0.15, 0.2) is 18.3 Å². The Morgan fingerprint density at radius 2 is 2.08 bits per heavy atom. The van der Waals surface area contributed by atoms with Crippen LogP contribution in [-0.4, -0.2) is 51.0 Å². The third-order valence-corrected chi connectivity index (χ3v) is 4.27. The molecule has 1 saturated heterocycles. The number of hydrogen-bond acceptors (Lipinski definition) is 6. The first kappa shape index (κ1) is 21.6. The fraction of sp³-hybridized carbons (Fsp3) is 0.533. The van der Waals surface area contributed by atoms with Gasteiger partial charge in [-0.05, 0) is 18.4 Å². The first-order valence-electron chi connectivity index (χ1n) is 8.11. The maximum Gasteiger partial charge on any atom is 0.342 e. The molecule has 2 unspecified atom stereocenters. The van der Waals surface area contributed by atoms with Gasteiger partial charge in [-0.2, -0.15) is 0 Å². The monoisotopic (exact) mass is 386 g/mol. The second-order valence-electron chi connectivity index (χ2n) is 5.91. The van der Waals surface area contributed by atoms with Crippen LogP contribution in [-0.2, 0) is 4.79 Å². The van der Waals surface area contributed by atoms with Gasteiger partial charge in [-0.1, -0.05) is 20.3 Å². The van der Waals surface area contributed by atoms with Crippen molar-refractivity contribution in [1.29, 1.82) is 0 Å². The number of nitro groups is 1. The normalized spacial score (nSPS) is 15.8. The van der Waals surface area contributed by atoms with E-state index >= 15 is 0 Å². The van der Waals surface area contributed by atoms with Crippen molar-refractivity contribution in [1.82, 2.24) is 15.0 Å². The molecule has 2 rings (SSSR count). The number of rotatable bonds is 5. The Kier molecular flexibility index (Phi) is 7.72. The third-order valence-electron chi connectivity index (χ3n) is 4.27. The molecule has 1 aromatic rings. The topological polar surface area (TPSA) is 135 Å². The zero-order chi connectivity index (χ0) is 18.6. The van der Waals surface area contributed by atoms with E-state index < -0.39 is 17.0 Å². The minimum atomic E-state index is -0.706. The van der Waals surface area contributed by atoms with Gasteiger partial charge >= 0.3 is 11.7 Å². The quantitative estimate of drug-likeness (QED) is 0.584. The maximum absolute atomic E-state index is 12.5. The predicted molar refractivity (Wildman–Crippen MR) is 97.6 cm³/mol. The van der Waals surface area contributed by atoms with Crippen molar-refractivity contribution in [3.63, 3.8) is 0 Å². The summed E-state index contributed by atoms with van der Waals surface area (Å²) >= 11 is 0. The number of urea groups is 1. The summed E-state index contributed by atoms with van der Waals surface area (Å²) in [4.78, 5) is 39.2. The van der Waals surface area contributed by atoms with Crippen LogP contribution in [0.3, 0.4) is 0 Å². The second kappa shape index (κ2) is 9.30. The fourth-order valence-corrected chi connectivity index (χ4v) is 2.53. The summed E-state index contributed by atoms with van der Waals surface area (Å²) < 4.78 is 0.